The van der Waals surface area contributed by atoms with Crippen molar-refractivity contribution in [1.82, 2.24) is 0 Å². The van der Waals surface area contributed by atoms with E-state index >= 15 is 0 Å². The smallest absolute Gasteiger partial charge is 0.405 e. The lowest BCUT2D eigenvalue weighted by atomic mass is 9.94. The van der Waals surface area contributed by atoms with Crippen LogP contribution in [0, 0.1) is 5.41 Å². The Morgan fingerprint density at radius 2 is 1.23 bits per heavy atom. The number of rotatable bonds is 9. The van der Waals surface area contributed by atoms with Crippen LogP contribution in [-0.4, -0.2) is 43.1 Å². The molecule has 1 saturated heterocycles. The first-order chi connectivity index (χ1) is 19.8. The fourth-order valence-electron chi connectivity index (χ4n) is 4.35. The fraction of sp³-hybridized carbons (Fsp3) is 0.438. The van der Waals surface area contributed by atoms with Gasteiger partial charge in [0.15, 0.2) is 26.6 Å². The molecule has 234 valence electrons. The summed E-state index contributed by atoms with van der Waals surface area (Å²) >= 11 is 0. The summed E-state index contributed by atoms with van der Waals surface area (Å²) in [7, 11) is -6.25. The first-order valence-electron chi connectivity index (χ1n) is 13.8. The van der Waals surface area contributed by atoms with Crippen molar-refractivity contribution in [2.45, 2.75) is 85.9 Å². The SMILES string of the molecule is CC(Oc1ccc([S+](c2ccc(OC(C)(C)C)cc2)c2ccc(C3(C)OCC(C)(C)CO3)cc2)cc1)C(F)(F)S(=O)(=O)O. The Balaban J connectivity index is 1.65. The Hall–Kier alpha value is -2.70. The highest BCUT2D eigenvalue weighted by molar-refractivity contribution is 7.97. The third-order valence-electron chi connectivity index (χ3n) is 6.76. The molecular weight excluding hydrogens is 598 g/mol. The zero-order chi connectivity index (χ0) is 31.8. The molecule has 0 amide bonds. The van der Waals surface area contributed by atoms with Gasteiger partial charge in [-0.05, 0) is 107 Å². The summed E-state index contributed by atoms with van der Waals surface area (Å²) in [5.74, 6) is -0.0942. The Kier molecular flexibility index (Phi) is 9.27. The molecule has 2 unspecified atom stereocenters. The molecule has 7 nitrogen and oxygen atoms in total. The molecule has 0 aromatic heterocycles. The summed E-state index contributed by atoms with van der Waals surface area (Å²) in [4.78, 5) is 2.86. The van der Waals surface area contributed by atoms with Crippen LogP contribution in [0.5, 0.6) is 11.5 Å². The molecule has 2 atom stereocenters. The first-order valence-corrected chi connectivity index (χ1v) is 16.5. The van der Waals surface area contributed by atoms with E-state index in [9.17, 15) is 17.2 Å². The zero-order valence-corrected chi connectivity index (χ0v) is 27.0. The van der Waals surface area contributed by atoms with Crippen LogP contribution in [0.25, 0.3) is 0 Å². The van der Waals surface area contributed by atoms with Crippen LogP contribution in [0.1, 0.15) is 54.0 Å². The van der Waals surface area contributed by atoms with Gasteiger partial charge in [-0.3, -0.25) is 4.55 Å². The van der Waals surface area contributed by atoms with Gasteiger partial charge in [-0.15, -0.1) is 0 Å². The van der Waals surface area contributed by atoms with Crippen LogP contribution in [0.3, 0.4) is 0 Å². The predicted molar refractivity (Wildman–Crippen MR) is 161 cm³/mol. The molecule has 0 bridgehead atoms. The van der Waals surface area contributed by atoms with Gasteiger partial charge in [0.05, 0.1) is 24.1 Å². The fourth-order valence-corrected chi connectivity index (χ4v) is 6.86. The van der Waals surface area contributed by atoms with E-state index in [1.54, 1.807) is 12.1 Å². The van der Waals surface area contributed by atoms with E-state index in [1.807, 2.05) is 76.2 Å². The molecule has 0 spiro atoms. The maximum absolute atomic E-state index is 14.0. The van der Waals surface area contributed by atoms with E-state index in [2.05, 4.69) is 13.8 Å². The van der Waals surface area contributed by atoms with Crippen LogP contribution in [-0.2, 0) is 36.3 Å². The topological polar surface area (TPSA) is 91.3 Å². The summed E-state index contributed by atoms with van der Waals surface area (Å²) < 4.78 is 82.7. The Bertz CT molecular complexity index is 1490. The second-order valence-electron chi connectivity index (χ2n) is 12.5. The molecule has 1 aliphatic heterocycles. The minimum Gasteiger partial charge on any atom is -0.488 e. The average molecular weight is 638 g/mol. The van der Waals surface area contributed by atoms with Crippen LogP contribution >= 0.6 is 0 Å². The maximum atomic E-state index is 14.0. The van der Waals surface area contributed by atoms with E-state index in [-0.39, 0.29) is 16.8 Å². The lowest BCUT2D eigenvalue weighted by molar-refractivity contribution is -0.298. The Labute approximate surface area is 255 Å². The van der Waals surface area contributed by atoms with Crippen molar-refractivity contribution in [2.75, 3.05) is 13.2 Å². The Morgan fingerprint density at radius 1 is 0.814 bits per heavy atom. The third kappa shape index (κ3) is 7.88. The second-order valence-corrected chi connectivity index (χ2v) is 16.0. The monoisotopic (exact) mass is 637 g/mol. The highest BCUT2D eigenvalue weighted by atomic mass is 32.2. The highest BCUT2D eigenvalue weighted by Crippen LogP contribution is 2.39. The van der Waals surface area contributed by atoms with Crippen molar-refractivity contribution in [3.05, 3.63) is 78.4 Å². The molecule has 0 radical (unpaired) electrons. The maximum Gasteiger partial charge on any atom is 0.405 e. The van der Waals surface area contributed by atoms with Gasteiger partial charge in [-0.25, -0.2) is 0 Å². The number of halogens is 2. The van der Waals surface area contributed by atoms with E-state index in [4.69, 9.17) is 23.5 Å². The van der Waals surface area contributed by atoms with Gasteiger partial charge in [-0.2, -0.15) is 17.2 Å². The quantitative estimate of drug-likeness (QED) is 0.192. The molecule has 11 heteroatoms. The van der Waals surface area contributed by atoms with Gasteiger partial charge in [0.1, 0.15) is 17.1 Å². The first kappa shape index (κ1) is 33.2. The van der Waals surface area contributed by atoms with Crippen LogP contribution in [0.15, 0.2) is 87.5 Å². The summed E-state index contributed by atoms with van der Waals surface area (Å²) in [5, 5.41) is -4.47. The lowest BCUT2D eigenvalue weighted by Crippen LogP contribution is -2.43. The molecule has 1 heterocycles. The molecule has 43 heavy (non-hydrogen) atoms. The van der Waals surface area contributed by atoms with Crippen molar-refractivity contribution in [3.8, 4) is 11.5 Å². The van der Waals surface area contributed by atoms with Crippen molar-refractivity contribution < 1.29 is 40.7 Å². The third-order valence-corrected chi connectivity index (χ3v) is 10.0. The van der Waals surface area contributed by atoms with E-state index in [1.165, 1.54) is 12.1 Å². The lowest BCUT2D eigenvalue weighted by Gasteiger charge is -2.41. The van der Waals surface area contributed by atoms with Gasteiger partial charge in [0.25, 0.3) is 0 Å². The highest BCUT2D eigenvalue weighted by Gasteiger charge is 2.51. The Morgan fingerprint density at radius 3 is 1.65 bits per heavy atom. The van der Waals surface area contributed by atoms with Gasteiger partial charge < -0.3 is 18.9 Å². The van der Waals surface area contributed by atoms with Gasteiger partial charge in [0, 0.05) is 11.0 Å². The van der Waals surface area contributed by atoms with Crippen molar-refractivity contribution in [3.63, 3.8) is 0 Å². The van der Waals surface area contributed by atoms with Gasteiger partial charge in [0.2, 0.25) is 0 Å². The number of benzene rings is 3. The van der Waals surface area contributed by atoms with Crippen LogP contribution in [0.2, 0.25) is 0 Å². The summed E-state index contributed by atoms with van der Waals surface area (Å²) in [6, 6.07) is 22.3. The normalized spacial score (nSPS) is 18.5. The molecule has 0 saturated carbocycles. The second kappa shape index (κ2) is 12.0. The van der Waals surface area contributed by atoms with Gasteiger partial charge >= 0.3 is 15.4 Å². The summed E-state index contributed by atoms with van der Waals surface area (Å²) in [5.41, 5.74) is 0.471. The molecule has 1 N–H and O–H groups in total. The molecule has 3 aromatic rings. The van der Waals surface area contributed by atoms with Crippen LogP contribution in [0.4, 0.5) is 8.78 Å². The summed E-state index contributed by atoms with van der Waals surface area (Å²) in [6.45, 7) is 14.1. The average Bonchev–Trinajstić information content (AvgIpc) is 2.91. The van der Waals surface area contributed by atoms with E-state index in [0.29, 0.717) is 13.2 Å². The molecule has 1 fully saturated rings. The standard InChI is InChI=1S/C32H38F2O7S2/c1-22(32(33,34)43(35,36)37)40-24-10-16-27(17-11-24)42(28-18-12-25(13-19-28)41-29(2,3)4)26-14-8-23(9-15-26)31(7)38-20-30(5,6)21-39-31/h8-19,22H,20-21H2,1-7H3/p+1. The molecule has 1 aliphatic rings. The number of hydrogen-bond donors (Lipinski definition) is 1. The minimum absolute atomic E-state index is 0.0369. The molecule has 3 aromatic carbocycles. The van der Waals surface area contributed by atoms with Crippen molar-refractivity contribution >= 4 is 21.0 Å². The zero-order valence-electron chi connectivity index (χ0n) is 25.4. The molecule has 4 rings (SSSR count). The summed E-state index contributed by atoms with van der Waals surface area (Å²) in [6.07, 6.45) is -2.11. The van der Waals surface area contributed by atoms with Crippen molar-refractivity contribution in [2.24, 2.45) is 5.41 Å². The van der Waals surface area contributed by atoms with Gasteiger partial charge in [-0.1, -0.05) is 13.8 Å². The largest absolute Gasteiger partial charge is 0.488 e. The molecule has 0 aliphatic carbocycles. The number of ether oxygens (including phenoxy) is 4. The number of alkyl halides is 2. The van der Waals surface area contributed by atoms with E-state index in [0.717, 1.165) is 32.9 Å². The predicted octanol–water partition coefficient (Wildman–Crippen LogP) is 7.45. The van der Waals surface area contributed by atoms with Crippen molar-refractivity contribution in [1.29, 1.82) is 0 Å². The number of hydrogen-bond acceptors (Lipinski definition) is 6. The van der Waals surface area contributed by atoms with E-state index < -0.39 is 38.2 Å². The minimum atomic E-state index is -5.64. The van der Waals surface area contributed by atoms with Crippen LogP contribution < -0.4 is 9.47 Å². The molecular formula is C32H39F2O7S2+.